The van der Waals surface area contributed by atoms with Gasteiger partial charge in [0, 0.05) is 24.9 Å². The van der Waals surface area contributed by atoms with Crippen LogP contribution in [0.5, 0.6) is 0 Å². The molecule has 1 amide bonds. The zero-order valence-electron chi connectivity index (χ0n) is 11.0. The van der Waals surface area contributed by atoms with Crippen LogP contribution in [0.3, 0.4) is 0 Å². The van der Waals surface area contributed by atoms with Gasteiger partial charge >= 0.3 is 0 Å². The molecule has 0 radical (unpaired) electrons. The fourth-order valence-electron chi connectivity index (χ4n) is 1.76. The number of benzene rings is 1. The highest BCUT2D eigenvalue weighted by molar-refractivity contribution is 6.04. The van der Waals surface area contributed by atoms with Gasteiger partial charge in [-0.15, -0.1) is 0 Å². The summed E-state index contributed by atoms with van der Waals surface area (Å²) in [4.78, 5) is 23.3. The van der Waals surface area contributed by atoms with E-state index in [0.29, 0.717) is 11.3 Å². The van der Waals surface area contributed by atoms with E-state index in [-0.39, 0.29) is 11.5 Å². The van der Waals surface area contributed by atoms with Crippen LogP contribution in [0.2, 0.25) is 0 Å². The quantitative estimate of drug-likeness (QED) is 0.915. The lowest BCUT2D eigenvalue weighted by Crippen LogP contribution is -2.17. The first-order valence-electron chi connectivity index (χ1n) is 6.17. The van der Waals surface area contributed by atoms with Crippen LogP contribution in [-0.4, -0.2) is 10.5 Å². The number of nitrogens with zero attached hydrogens (tertiary/aromatic N) is 1. The highest BCUT2D eigenvalue weighted by Crippen LogP contribution is 2.09. The Labute approximate surface area is 111 Å². The van der Waals surface area contributed by atoms with Crippen LogP contribution in [0, 0.1) is 0 Å². The molecule has 0 spiro atoms. The Hall–Kier alpha value is -2.36. The molecular weight excluding hydrogens is 240 g/mol. The molecular formula is C15H16N2O2. The van der Waals surface area contributed by atoms with Crippen molar-refractivity contribution < 1.29 is 4.79 Å². The second-order valence-corrected chi connectivity index (χ2v) is 4.37. The number of amides is 1. The molecule has 4 heteroatoms. The van der Waals surface area contributed by atoms with E-state index in [9.17, 15) is 9.59 Å². The third-order valence-electron chi connectivity index (χ3n) is 2.97. The Morgan fingerprint density at radius 3 is 2.42 bits per heavy atom. The van der Waals surface area contributed by atoms with Crippen molar-refractivity contribution in [3.8, 4) is 0 Å². The van der Waals surface area contributed by atoms with Gasteiger partial charge in [-0.25, -0.2) is 0 Å². The first-order chi connectivity index (χ1) is 9.10. The average molecular weight is 256 g/mol. The molecule has 0 atom stereocenters. The van der Waals surface area contributed by atoms with Gasteiger partial charge in [0.05, 0.1) is 5.69 Å². The van der Waals surface area contributed by atoms with Crippen LogP contribution < -0.4 is 10.9 Å². The van der Waals surface area contributed by atoms with E-state index in [1.807, 2.05) is 12.1 Å². The molecule has 2 aromatic rings. The third kappa shape index (κ3) is 3.10. The highest BCUT2D eigenvalue weighted by atomic mass is 16.1. The molecule has 1 aromatic carbocycles. The van der Waals surface area contributed by atoms with Gasteiger partial charge in [0.15, 0.2) is 0 Å². The monoisotopic (exact) mass is 256 g/mol. The molecule has 1 N–H and O–H groups in total. The Balaban J connectivity index is 2.15. The lowest BCUT2D eigenvalue weighted by molar-refractivity contribution is 0.102. The van der Waals surface area contributed by atoms with Gasteiger partial charge in [-0.2, -0.15) is 0 Å². The minimum absolute atomic E-state index is 0.106. The number of pyridine rings is 1. The van der Waals surface area contributed by atoms with E-state index in [1.165, 1.54) is 16.2 Å². The summed E-state index contributed by atoms with van der Waals surface area (Å²) in [5.41, 5.74) is 2.29. The fourth-order valence-corrected chi connectivity index (χ4v) is 1.76. The summed E-state index contributed by atoms with van der Waals surface area (Å²) >= 11 is 0. The summed E-state index contributed by atoms with van der Waals surface area (Å²) in [6.45, 7) is 2.07. The number of hydrogen-bond donors (Lipinski definition) is 1. The maximum absolute atomic E-state index is 12.0. The first-order valence-corrected chi connectivity index (χ1v) is 6.17. The second-order valence-electron chi connectivity index (χ2n) is 4.37. The van der Waals surface area contributed by atoms with Crippen molar-refractivity contribution in [2.45, 2.75) is 13.3 Å². The van der Waals surface area contributed by atoms with Crippen molar-refractivity contribution in [2.75, 3.05) is 5.32 Å². The topological polar surface area (TPSA) is 51.1 Å². The van der Waals surface area contributed by atoms with Gasteiger partial charge in [0.2, 0.25) is 5.56 Å². The molecule has 98 valence electrons. The number of hydrogen-bond acceptors (Lipinski definition) is 2. The van der Waals surface area contributed by atoms with Crippen LogP contribution >= 0.6 is 0 Å². The van der Waals surface area contributed by atoms with Crippen molar-refractivity contribution in [1.29, 1.82) is 0 Å². The maximum Gasteiger partial charge on any atom is 0.255 e. The van der Waals surface area contributed by atoms with Crippen LogP contribution in [0.15, 0.2) is 47.4 Å². The Morgan fingerprint density at radius 2 is 1.84 bits per heavy atom. The first kappa shape index (κ1) is 13.1. The fraction of sp³-hybridized carbons (Fsp3) is 0.200. The summed E-state index contributed by atoms with van der Waals surface area (Å²) in [6, 6.07) is 10.5. The van der Waals surface area contributed by atoms with Gasteiger partial charge in [-0.05, 0) is 30.2 Å². The Kier molecular flexibility index (Phi) is 3.80. The molecule has 0 bridgehead atoms. The summed E-state index contributed by atoms with van der Waals surface area (Å²) in [5, 5.41) is 2.77. The minimum Gasteiger partial charge on any atom is -0.321 e. The largest absolute Gasteiger partial charge is 0.321 e. The number of anilines is 1. The van der Waals surface area contributed by atoms with Crippen molar-refractivity contribution in [1.82, 2.24) is 4.57 Å². The normalized spacial score (nSPS) is 10.2. The van der Waals surface area contributed by atoms with Crippen LogP contribution in [-0.2, 0) is 13.5 Å². The van der Waals surface area contributed by atoms with Gasteiger partial charge in [0.1, 0.15) is 0 Å². The summed E-state index contributed by atoms with van der Waals surface area (Å²) in [7, 11) is 1.65. The minimum atomic E-state index is -0.179. The molecule has 4 nitrogen and oxygen atoms in total. The molecule has 0 fully saturated rings. The molecule has 0 aliphatic rings. The standard InChI is InChI=1S/C15H16N2O2/c1-3-11-4-6-12(7-5-11)15(19)16-13-8-9-14(18)17(2)10-13/h4-10H,3H2,1-2H3,(H,16,19). The van der Waals surface area contributed by atoms with Crippen molar-refractivity contribution in [2.24, 2.45) is 7.05 Å². The van der Waals surface area contributed by atoms with Gasteiger partial charge < -0.3 is 9.88 Å². The molecule has 1 heterocycles. The maximum atomic E-state index is 12.0. The molecule has 19 heavy (non-hydrogen) atoms. The van der Waals surface area contributed by atoms with E-state index < -0.39 is 0 Å². The van der Waals surface area contributed by atoms with Crippen LogP contribution in [0.25, 0.3) is 0 Å². The number of nitrogens with one attached hydrogen (secondary N) is 1. The van der Waals surface area contributed by atoms with E-state index in [2.05, 4.69) is 12.2 Å². The van der Waals surface area contributed by atoms with Crippen molar-refractivity contribution in [3.63, 3.8) is 0 Å². The zero-order valence-corrected chi connectivity index (χ0v) is 11.0. The van der Waals surface area contributed by atoms with Crippen molar-refractivity contribution >= 4 is 11.6 Å². The molecule has 0 saturated heterocycles. The molecule has 0 saturated carbocycles. The summed E-state index contributed by atoms with van der Waals surface area (Å²) in [6.07, 6.45) is 2.54. The SMILES string of the molecule is CCc1ccc(C(=O)Nc2ccc(=O)n(C)c2)cc1. The zero-order chi connectivity index (χ0) is 13.8. The molecule has 0 unspecified atom stereocenters. The summed E-state index contributed by atoms with van der Waals surface area (Å²) in [5.74, 6) is -0.179. The number of aromatic nitrogens is 1. The summed E-state index contributed by atoms with van der Waals surface area (Å²) < 4.78 is 1.43. The van der Waals surface area contributed by atoms with Crippen molar-refractivity contribution in [3.05, 3.63) is 64.1 Å². The molecule has 1 aromatic heterocycles. The number of carbonyl (C=O) groups excluding carboxylic acids is 1. The van der Waals surface area contributed by atoms with Gasteiger partial charge in [-0.3, -0.25) is 9.59 Å². The molecule has 0 aliphatic carbocycles. The van der Waals surface area contributed by atoms with Crippen LogP contribution in [0.4, 0.5) is 5.69 Å². The number of aryl methyl sites for hydroxylation is 2. The van der Waals surface area contributed by atoms with Gasteiger partial charge in [0.25, 0.3) is 5.91 Å². The predicted molar refractivity (Wildman–Crippen MR) is 75.5 cm³/mol. The van der Waals surface area contributed by atoms with Crippen LogP contribution in [0.1, 0.15) is 22.8 Å². The van der Waals surface area contributed by atoms with Gasteiger partial charge in [-0.1, -0.05) is 19.1 Å². The highest BCUT2D eigenvalue weighted by Gasteiger charge is 2.06. The van der Waals surface area contributed by atoms with E-state index in [0.717, 1.165) is 6.42 Å². The number of carbonyl (C=O) groups is 1. The molecule has 0 aliphatic heterocycles. The average Bonchev–Trinajstić information content (AvgIpc) is 2.43. The lowest BCUT2D eigenvalue weighted by Gasteiger charge is -2.07. The van der Waals surface area contributed by atoms with E-state index >= 15 is 0 Å². The number of rotatable bonds is 3. The third-order valence-corrected chi connectivity index (χ3v) is 2.97. The second kappa shape index (κ2) is 5.52. The van der Waals surface area contributed by atoms with E-state index in [1.54, 1.807) is 31.4 Å². The Bertz CT molecular complexity index is 642. The Morgan fingerprint density at radius 1 is 1.16 bits per heavy atom. The van der Waals surface area contributed by atoms with E-state index in [4.69, 9.17) is 0 Å². The molecule has 2 rings (SSSR count). The predicted octanol–water partition coefficient (Wildman–Crippen LogP) is 2.20. The smallest absolute Gasteiger partial charge is 0.255 e. The lowest BCUT2D eigenvalue weighted by atomic mass is 10.1.